The van der Waals surface area contributed by atoms with E-state index in [2.05, 4.69) is 0 Å². The molecule has 2 aliphatic rings. The standard InChI is InChI=1S/C30H46NO7P.Na/c1-4-28(33)37-30(22(2)3)38-39(36,18-12-11-15-23-13-7-5-8-14-23)21-27(32)31-20-25(19-26(31)29(34)35)24-16-9-6-10-17-24;/h5,7-8,13-14,22,24-26,30H,4,6,9-12,15-21H2,1-3H3,(H,34,35);/q;+1/p-1/t25-,26-,30+,39-;/m1./s1. The first-order valence-corrected chi connectivity index (χ1v) is 16.6. The zero-order valence-electron chi connectivity index (χ0n) is 24.7. The average molecular weight is 586 g/mol. The van der Waals surface area contributed by atoms with Gasteiger partial charge >= 0.3 is 35.5 Å². The zero-order valence-corrected chi connectivity index (χ0v) is 27.6. The van der Waals surface area contributed by atoms with Crippen molar-refractivity contribution in [3.8, 4) is 0 Å². The van der Waals surface area contributed by atoms with Gasteiger partial charge in [0.25, 0.3) is 0 Å². The summed E-state index contributed by atoms with van der Waals surface area (Å²) >= 11 is 0. The van der Waals surface area contributed by atoms with Gasteiger partial charge in [-0.3, -0.25) is 18.7 Å². The maximum atomic E-state index is 14.2. The van der Waals surface area contributed by atoms with E-state index in [9.17, 15) is 24.1 Å². The van der Waals surface area contributed by atoms with E-state index in [-0.39, 0.29) is 54.0 Å². The number of amides is 1. The summed E-state index contributed by atoms with van der Waals surface area (Å²) < 4.78 is 25.6. The van der Waals surface area contributed by atoms with Gasteiger partial charge in [0.05, 0.1) is 12.0 Å². The first-order chi connectivity index (χ1) is 18.6. The van der Waals surface area contributed by atoms with Crippen LogP contribution in [-0.4, -0.2) is 53.9 Å². The number of ether oxygens (including phenoxy) is 1. The monoisotopic (exact) mass is 585 g/mol. The Morgan fingerprint density at radius 3 is 2.33 bits per heavy atom. The topological polar surface area (TPSA) is 113 Å². The predicted octanol–water partition coefficient (Wildman–Crippen LogP) is 1.79. The van der Waals surface area contributed by atoms with E-state index in [0.29, 0.717) is 25.3 Å². The number of carbonyl (C=O) groups is 3. The van der Waals surface area contributed by atoms with E-state index in [1.54, 1.807) is 20.8 Å². The first kappa shape index (κ1) is 35.0. The van der Waals surface area contributed by atoms with E-state index in [1.165, 1.54) is 16.9 Å². The third-order valence-electron chi connectivity index (χ3n) is 8.05. The number of carboxylic acid groups (broad SMARTS) is 1. The van der Waals surface area contributed by atoms with Crippen LogP contribution >= 0.6 is 7.37 Å². The maximum absolute atomic E-state index is 14.2. The van der Waals surface area contributed by atoms with Gasteiger partial charge in [-0.1, -0.05) is 83.2 Å². The van der Waals surface area contributed by atoms with Gasteiger partial charge in [-0.2, -0.15) is 0 Å². The number of aliphatic carboxylic acids is 1. The number of aryl methyl sites for hydroxylation is 1. The second-order valence-electron chi connectivity index (χ2n) is 11.5. The number of benzene rings is 1. The average Bonchev–Trinajstić information content (AvgIpc) is 3.38. The summed E-state index contributed by atoms with van der Waals surface area (Å²) in [5.74, 6) is -1.99. The van der Waals surface area contributed by atoms with Crippen LogP contribution in [0.2, 0.25) is 0 Å². The van der Waals surface area contributed by atoms with Gasteiger partial charge in [0.2, 0.25) is 19.6 Å². The number of carboxylic acids is 1. The van der Waals surface area contributed by atoms with Crippen molar-refractivity contribution in [2.75, 3.05) is 18.9 Å². The van der Waals surface area contributed by atoms with Crippen molar-refractivity contribution in [1.82, 2.24) is 4.90 Å². The number of likely N-dealkylation sites (tertiary alicyclic amines) is 1. The minimum absolute atomic E-state index is 0. The molecule has 2 fully saturated rings. The van der Waals surface area contributed by atoms with Crippen molar-refractivity contribution < 1.29 is 62.9 Å². The molecular formula is C30H45NNaO7P. The van der Waals surface area contributed by atoms with E-state index in [0.717, 1.165) is 38.5 Å². The van der Waals surface area contributed by atoms with Crippen molar-refractivity contribution in [3.05, 3.63) is 35.9 Å². The summed E-state index contributed by atoms with van der Waals surface area (Å²) in [4.78, 5) is 39.0. The molecular weight excluding hydrogens is 540 g/mol. The Bertz CT molecular complexity index is 999. The number of nitrogens with zero attached hydrogens (tertiary/aromatic N) is 1. The molecule has 1 amide bonds. The van der Waals surface area contributed by atoms with Crippen LogP contribution in [0, 0.1) is 17.8 Å². The summed E-state index contributed by atoms with van der Waals surface area (Å²) in [5.41, 5.74) is 1.17. The summed E-state index contributed by atoms with van der Waals surface area (Å²) in [6, 6.07) is 8.96. The Morgan fingerprint density at radius 2 is 1.73 bits per heavy atom. The fourth-order valence-corrected chi connectivity index (χ4v) is 8.09. The molecule has 40 heavy (non-hydrogen) atoms. The summed E-state index contributed by atoms with van der Waals surface area (Å²) in [6.07, 6.45) is 6.88. The minimum Gasteiger partial charge on any atom is -0.548 e. The molecule has 0 aromatic heterocycles. The second-order valence-corrected chi connectivity index (χ2v) is 14.1. The maximum Gasteiger partial charge on any atom is 1.00 e. The van der Waals surface area contributed by atoms with Crippen molar-refractivity contribution in [1.29, 1.82) is 0 Å². The molecule has 4 atom stereocenters. The van der Waals surface area contributed by atoms with Crippen molar-refractivity contribution in [3.63, 3.8) is 0 Å². The third kappa shape index (κ3) is 10.6. The van der Waals surface area contributed by atoms with Gasteiger partial charge in [-0.15, -0.1) is 0 Å². The molecule has 1 aliphatic heterocycles. The molecule has 218 valence electrons. The van der Waals surface area contributed by atoms with Gasteiger partial charge < -0.3 is 19.5 Å². The summed E-state index contributed by atoms with van der Waals surface area (Å²) in [6.45, 7) is 5.62. The number of rotatable bonds is 14. The Balaban J connectivity index is 0.00000560. The molecule has 1 aromatic rings. The van der Waals surface area contributed by atoms with Crippen LogP contribution in [0.1, 0.15) is 84.1 Å². The molecule has 1 heterocycles. The Hall–Kier alpha value is -1.18. The van der Waals surface area contributed by atoms with Crippen molar-refractivity contribution >= 4 is 25.2 Å². The van der Waals surface area contributed by atoms with Gasteiger partial charge in [-0.05, 0) is 43.1 Å². The van der Waals surface area contributed by atoms with E-state index >= 15 is 0 Å². The number of hydrogen-bond acceptors (Lipinski definition) is 7. The molecule has 3 rings (SSSR count). The van der Waals surface area contributed by atoms with Crippen molar-refractivity contribution in [2.24, 2.45) is 17.8 Å². The van der Waals surface area contributed by atoms with Gasteiger partial charge in [0.1, 0.15) is 6.16 Å². The van der Waals surface area contributed by atoms with Crippen molar-refractivity contribution in [2.45, 2.75) is 97.3 Å². The molecule has 1 saturated carbocycles. The van der Waals surface area contributed by atoms with Crippen LogP contribution in [0.3, 0.4) is 0 Å². The Kier molecular flexibility index (Phi) is 14.9. The van der Waals surface area contributed by atoms with E-state index in [1.807, 2.05) is 30.3 Å². The Labute approximate surface area is 261 Å². The number of esters is 1. The molecule has 0 bridgehead atoms. The molecule has 0 N–H and O–H groups in total. The van der Waals surface area contributed by atoms with Crippen LogP contribution < -0.4 is 34.7 Å². The predicted molar refractivity (Wildman–Crippen MR) is 148 cm³/mol. The van der Waals surface area contributed by atoms with Crippen LogP contribution in [0.15, 0.2) is 30.3 Å². The number of hydrogen-bond donors (Lipinski definition) is 0. The number of unbranched alkanes of at least 4 members (excludes halogenated alkanes) is 1. The van der Waals surface area contributed by atoms with Gasteiger partial charge in [0.15, 0.2) is 0 Å². The summed E-state index contributed by atoms with van der Waals surface area (Å²) in [7, 11) is -3.62. The molecule has 1 aromatic carbocycles. The van der Waals surface area contributed by atoms with Gasteiger partial charge in [0, 0.05) is 25.0 Å². The zero-order chi connectivity index (χ0) is 28.4. The molecule has 8 nitrogen and oxygen atoms in total. The second kappa shape index (κ2) is 17.1. The minimum atomic E-state index is -3.62. The van der Waals surface area contributed by atoms with Gasteiger partial charge in [-0.25, -0.2) is 0 Å². The summed E-state index contributed by atoms with van der Waals surface area (Å²) in [5, 5.41) is 12.0. The molecule has 10 heteroatoms. The smallest absolute Gasteiger partial charge is 0.548 e. The van der Waals surface area contributed by atoms with Crippen LogP contribution in [0.25, 0.3) is 0 Å². The fraction of sp³-hybridized carbons (Fsp3) is 0.700. The quantitative estimate of drug-likeness (QED) is 0.108. The molecule has 0 unspecified atom stereocenters. The largest absolute Gasteiger partial charge is 1.00 e. The van der Waals surface area contributed by atoms with E-state index in [4.69, 9.17) is 9.26 Å². The SMILES string of the molecule is CCC(=O)O[C@@H](O[P@](=O)(CCCCc1ccccc1)CC(=O)N1C[C@H](C2CCCCC2)C[C@@H]1C(=O)[O-])C(C)C.[Na+]. The number of carbonyl (C=O) groups excluding carboxylic acids is 3. The Morgan fingerprint density at radius 1 is 1.05 bits per heavy atom. The third-order valence-corrected chi connectivity index (χ3v) is 10.4. The molecule has 0 spiro atoms. The fourth-order valence-electron chi connectivity index (χ4n) is 5.79. The molecule has 0 radical (unpaired) electrons. The molecule has 1 aliphatic carbocycles. The van der Waals surface area contributed by atoms with Crippen LogP contribution in [0.5, 0.6) is 0 Å². The molecule has 1 saturated heterocycles. The first-order valence-electron chi connectivity index (χ1n) is 14.6. The van der Waals surface area contributed by atoms with Crippen LogP contribution in [-0.2, 0) is 34.6 Å². The normalized spacial score (nSPS) is 21.9. The van der Waals surface area contributed by atoms with E-state index < -0.39 is 43.7 Å². The van der Waals surface area contributed by atoms with Crippen LogP contribution in [0.4, 0.5) is 0 Å².